The first kappa shape index (κ1) is 8.21. The maximum absolute atomic E-state index is 9.80. The van der Waals surface area contributed by atoms with Gasteiger partial charge in [0.05, 0.1) is 6.42 Å². The molecule has 0 saturated heterocycles. The molecule has 1 radical (unpaired) electrons. The van der Waals surface area contributed by atoms with Crippen molar-refractivity contribution in [2.75, 3.05) is 0 Å². The summed E-state index contributed by atoms with van der Waals surface area (Å²) < 4.78 is 0. The van der Waals surface area contributed by atoms with Crippen LogP contribution in [0.15, 0.2) is 12.2 Å². The van der Waals surface area contributed by atoms with Gasteiger partial charge in [0.2, 0.25) is 0 Å². The van der Waals surface area contributed by atoms with Crippen LogP contribution in [0.1, 0.15) is 26.2 Å². The van der Waals surface area contributed by atoms with Crippen LogP contribution in [0.4, 0.5) is 0 Å². The minimum absolute atomic E-state index is 0.0417. The fraction of sp³-hybridized carbons (Fsp3) is 0.571. The maximum Gasteiger partial charge on any atom is 0.359 e. The van der Waals surface area contributed by atoms with Crippen molar-refractivity contribution in [3.05, 3.63) is 12.2 Å². The van der Waals surface area contributed by atoms with E-state index in [0.717, 1.165) is 12.8 Å². The SMILES string of the molecule is CCC/C=C\CC([O])=O. The molecule has 0 heterocycles. The molecule has 0 aliphatic heterocycles. The van der Waals surface area contributed by atoms with Gasteiger partial charge in [-0.1, -0.05) is 25.5 Å². The fourth-order valence-electron chi connectivity index (χ4n) is 0.464. The Bertz CT molecular complexity index is 105. The van der Waals surface area contributed by atoms with E-state index in [0.29, 0.717) is 0 Å². The second-order valence-corrected chi connectivity index (χ2v) is 1.84. The molecule has 0 saturated carbocycles. The fourth-order valence-corrected chi connectivity index (χ4v) is 0.464. The molecular weight excluding hydrogens is 116 g/mol. The van der Waals surface area contributed by atoms with Gasteiger partial charge in [0, 0.05) is 0 Å². The van der Waals surface area contributed by atoms with E-state index in [1.165, 1.54) is 0 Å². The number of allylic oxidation sites excluding steroid dienone is 1. The molecule has 0 aliphatic rings. The first-order valence-electron chi connectivity index (χ1n) is 3.12. The van der Waals surface area contributed by atoms with Gasteiger partial charge in [-0.25, -0.2) is 9.90 Å². The standard InChI is InChI=1S/C7H11O2/c1-2-3-4-5-6-7(8)9/h4-5H,2-3,6H2,1H3/b5-4-. The Morgan fingerprint density at radius 1 is 1.44 bits per heavy atom. The largest absolute Gasteiger partial charge is 0.359 e. The van der Waals surface area contributed by atoms with Gasteiger partial charge in [0.1, 0.15) is 0 Å². The van der Waals surface area contributed by atoms with E-state index in [4.69, 9.17) is 0 Å². The van der Waals surface area contributed by atoms with Gasteiger partial charge in [-0.2, -0.15) is 0 Å². The number of hydrogen-bond donors (Lipinski definition) is 0. The summed E-state index contributed by atoms with van der Waals surface area (Å²) in [5.74, 6) is -1.01. The van der Waals surface area contributed by atoms with Crippen LogP contribution in [0.5, 0.6) is 0 Å². The zero-order valence-corrected chi connectivity index (χ0v) is 5.59. The van der Waals surface area contributed by atoms with E-state index in [9.17, 15) is 9.90 Å². The third kappa shape index (κ3) is 7.21. The average Bonchev–Trinajstić information content (AvgIpc) is 1.80. The van der Waals surface area contributed by atoms with Crippen molar-refractivity contribution in [1.82, 2.24) is 0 Å². The van der Waals surface area contributed by atoms with Crippen molar-refractivity contribution in [2.24, 2.45) is 0 Å². The topological polar surface area (TPSA) is 37.0 Å². The number of carbonyl (C=O) groups is 1. The molecule has 0 atom stereocenters. The Morgan fingerprint density at radius 3 is 2.56 bits per heavy atom. The van der Waals surface area contributed by atoms with Crippen molar-refractivity contribution in [3.8, 4) is 0 Å². The molecule has 2 nitrogen and oxygen atoms in total. The van der Waals surface area contributed by atoms with Gasteiger partial charge >= 0.3 is 5.97 Å². The van der Waals surface area contributed by atoms with Gasteiger partial charge in [-0.3, -0.25) is 0 Å². The second-order valence-electron chi connectivity index (χ2n) is 1.84. The van der Waals surface area contributed by atoms with Gasteiger partial charge in [-0.15, -0.1) is 0 Å². The molecule has 0 aromatic carbocycles. The number of rotatable bonds is 4. The van der Waals surface area contributed by atoms with E-state index in [1.807, 2.05) is 13.0 Å². The molecule has 0 bridgehead atoms. The van der Waals surface area contributed by atoms with Crippen LogP contribution in [0, 0.1) is 0 Å². The highest BCUT2D eigenvalue weighted by Gasteiger charge is 1.90. The van der Waals surface area contributed by atoms with E-state index in [2.05, 4.69) is 0 Å². The summed E-state index contributed by atoms with van der Waals surface area (Å²) in [4.78, 5) is 9.80. The quantitative estimate of drug-likeness (QED) is 0.529. The minimum Gasteiger partial charge on any atom is -0.247 e. The molecule has 2 heteroatoms. The van der Waals surface area contributed by atoms with Gasteiger partial charge < -0.3 is 0 Å². The summed E-state index contributed by atoms with van der Waals surface area (Å²) >= 11 is 0. The molecule has 0 amide bonds. The first-order chi connectivity index (χ1) is 4.27. The molecule has 0 fully saturated rings. The smallest absolute Gasteiger partial charge is 0.247 e. The van der Waals surface area contributed by atoms with Gasteiger partial charge in [0.25, 0.3) is 0 Å². The maximum atomic E-state index is 9.80. The third-order valence-electron chi connectivity index (χ3n) is 0.907. The molecular formula is C7H11O2. The lowest BCUT2D eigenvalue weighted by molar-refractivity contribution is -0.142. The molecule has 51 valence electrons. The summed E-state index contributed by atoms with van der Waals surface area (Å²) in [5.41, 5.74) is 0. The molecule has 0 aliphatic carbocycles. The van der Waals surface area contributed by atoms with Gasteiger partial charge in [-0.05, 0) is 6.42 Å². The van der Waals surface area contributed by atoms with Crippen LogP contribution in [0.2, 0.25) is 0 Å². The summed E-state index contributed by atoms with van der Waals surface area (Å²) in [6, 6.07) is 0. The molecule has 9 heavy (non-hydrogen) atoms. The van der Waals surface area contributed by atoms with Crippen LogP contribution in [0.3, 0.4) is 0 Å². The van der Waals surface area contributed by atoms with E-state index < -0.39 is 5.97 Å². The van der Waals surface area contributed by atoms with Crippen molar-refractivity contribution in [1.29, 1.82) is 0 Å². The predicted octanol–water partition coefficient (Wildman–Crippen LogP) is 1.69. The summed E-state index contributed by atoms with van der Waals surface area (Å²) in [5, 5.41) is 9.80. The van der Waals surface area contributed by atoms with Crippen molar-refractivity contribution in [2.45, 2.75) is 26.2 Å². The Labute approximate surface area is 55.2 Å². The highest BCUT2D eigenvalue weighted by molar-refractivity contribution is 5.68. The number of unbranched alkanes of at least 4 members (excludes halogenated alkanes) is 1. The van der Waals surface area contributed by atoms with E-state index in [1.54, 1.807) is 6.08 Å². The Balaban J connectivity index is 3.14. The van der Waals surface area contributed by atoms with Crippen molar-refractivity contribution < 1.29 is 9.90 Å². The number of hydrogen-bond acceptors (Lipinski definition) is 1. The van der Waals surface area contributed by atoms with Crippen molar-refractivity contribution >= 4 is 5.97 Å². The molecule has 0 aromatic rings. The predicted molar refractivity (Wildman–Crippen MR) is 34.4 cm³/mol. The monoisotopic (exact) mass is 127 g/mol. The lowest BCUT2D eigenvalue weighted by Crippen LogP contribution is -1.86. The van der Waals surface area contributed by atoms with Gasteiger partial charge in [0.15, 0.2) is 0 Å². The lowest BCUT2D eigenvalue weighted by Gasteiger charge is -1.81. The number of carbonyl (C=O) groups excluding carboxylic acids is 1. The summed E-state index contributed by atoms with van der Waals surface area (Å²) in [7, 11) is 0. The molecule has 0 spiro atoms. The van der Waals surface area contributed by atoms with E-state index in [-0.39, 0.29) is 6.42 Å². The average molecular weight is 127 g/mol. The van der Waals surface area contributed by atoms with Crippen LogP contribution < -0.4 is 0 Å². The van der Waals surface area contributed by atoms with Crippen LogP contribution in [-0.2, 0) is 9.90 Å². The summed E-state index contributed by atoms with van der Waals surface area (Å²) in [6.45, 7) is 2.04. The third-order valence-corrected chi connectivity index (χ3v) is 0.907. The highest BCUT2D eigenvalue weighted by atomic mass is 16.4. The van der Waals surface area contributed by atoms with E-state index >= 15 is 0 Å². The first-order valence-corrected chi connectivity index (χ1v) is 3.12. The lowest BCUT2D eigenvalue weighted by atomic mass is 10.3. The second kappa shape index (κ2) is 5.35. The van der Waals surface area contributed by atoms with Crippen molar-refractivity contribution in [3.63, 3.8) is 0 Å². The molecule has 0 rings (SSSR count). The normalized spacial score (nSPS) is 10.3. The van der Waals surface area contributed by atoms with Crippen LogP contribution >= 0.6 is 0 Å². The molecule has 0 N–H and O–H groups in total. The summed E-state index contributed by atoms with van der Waals surface area (Å²) in [6.07, 6.45) is 5.53. The highest BCUT2D eigenvalue weighted by Crippen LogP contribution is 1.90. The Morgan fingerprint density at radius 2 is 2.11 bits per heavy atom. The molecule has 0 aromatic heterocycles. The zero-order chi connectivity index (χ0) is 7.11. The van der Waals surface area contributed by atoms with Crippen LogP contribution in [-0.4, -0.2) is 5.97 Å². The molecule has 0 unspecified atom stereocenters. The zero-order valence-electron chi connectivity index (χ0n) is 5.59. The van der Waals surface area contributed by atoms with Crippen LogP contribution in [0.25, 0.3) is 0 Å². The Hall–Kier alpha value is -0.790. The Kier molecular flexibility index (Phi) is 4.88. The minimum atomic E-state index is -1.01.